The molecule has 0 fully saturated rings. The van der Waals surface area contributed by atoms with Gasteiger partial charge in [0.25, 0.3) is 5.52 Å². The van der Waals surface area contributed by atoms with Gasteiger partial charge in [-0.3, -0.25) is 9.59 Å². The Balaban J connectivity index is 1.82. The fourth-order valence-corrected chi connectivity index (χ4v) is 2.89. The zero-order chi connectivity index (χ0) is 21.0. The smallest absolute Gasteiger partial charge is 0.350 e. The van der Waals surface area contributed by atoms with E-state index in [0.29, 0.717) is 15.6 Å². The second-order valence-corrected chi connectivity index (χ2v) is 6.28. The van der Waals surface area contributed by atoms with Crippen molar-refractivity contribution in [2.45, 2.75) is 19.4 Å². The molecule has 0 unspecified atom stereocenters. The molecule has 2 aromatic carbocycles. The number of benzene rings is 2. The quantitative estimate of drug-likeness (QED) is 0.481. The number of fused-ring (bicyclic) bond motifs is 1. The van der Waals surface area contributed by atoms with E-state index in [4.69, 9.17) is 4.74 Å². The Bertz CT molecular complexity index is 1120. The number of nitrogens with one attached hydrogen (secondary N) is 1. The summed E-state index contributed by atoms with van der Waals surface area (Å²) in [5.41, 5.74) is 0.241. The Kier molecular flexibility index (Phi) is 5.77. The van der Waals surface area contributed by atoms with Gasteiger partial charge in [0.2, 0.25) is 0 Å². The van der Waals surface area contributed by atoms with Crippen LogP contribution in [0.4, 0.5) is 0 Å². The standard InChI is InChI=1S/C20H19N3O6/c1-21-20(26)19-17(22(27)15-4-2-3-5-16(15)23(19)28)12-29-18(25)11-8-13-6-9-14(24)10-7-13/h2-7,9-10,24H,8,11-12H2,1H3,(H,21,26). The first kappa shape index (κ1) is 19.9. The van der Waals surface area contributed by atoms with Crippen LogP contribution in [0.15, 0.2) is 48.5 Å². The normalized spacial score (nSPS) is 10.7. The molecule has 0 aliphatic carbocycles. The second-order valence-electron chi connectivity index (χ2n) is 6.28. The highest BCUT2D eigenvalue weighted by atomic mass is 16.5. The Morgan fingerprint density at radius 2 is 1.86 bits per heavy atom. The van der Waals surface area contributed by atoms with Crippen LogP contribution >= 0.6 is 0 Å². The predicted molar refractivity (Wildman–Crippen MR) is 104 cm³/mol. The van der Waals surface area contributed by atoms with E-state index < -0.39 is 24.2 Å². The number of amides is 1. The van der Waals surface area contributed by atoms with Crippen LogP contribution in [-0.4, -0.2) is 28.8 Å². The van der Waals surface area contributed by atoms with Crippen LogP contribution in [0.2, 0.25) is 0 Å². The molecule has 0 saturated carbocycles. The van der Waals surface area contributed by atoms with Crippen LogP contribution in [0, 0.1) is 10.1 Å². The number of hydrogen-bond acceptors (Lipinski definition) is 6. The Morgan fingerprint density at radius 1 is 1.17 bits per heavy atom. The van der Waals surface area contributed by atoms with Gasteiger partial charge < -0.3 is 25.1 Å². The van der Waals surface area contributed by atoms with E-state index >= 15 is 0 Å². The number of carbonyl (C=O) groups excluding carboxylic acids is 2. The number of esters is 1. The number of hydrogen-bond donors (Lipinski definition) is 2. The van der Waals surface area contributed by atoms with Gasteiger partial charge >= 0.3 is 17.6 Å². The second kappa shape index (κ2) is 8.42. The summed E-state index contributed by atoms with van der Waals surface area (Å²) in [6, 6.07) is 12.4. The molecule has 0 radical (unpaired) electrons. The molecule has 3 aromatic rings. The molecule has 1 aromatic heterocycles. The van der Waals surface area contributed by atoms with Crippen molar-refractivity contribution in [3.8, 4) is 5.75 Å². The highest BCUT2D eigenvalue weighted by molar-refractivity contribution is 5.93. The number of ether oxygens (including phenoxy) is 1. The minimum Gasteiger partial charge on any atom is -0.805 e. The van der Waals surface area contributed by atoms with Gasteiger partial charge in [0.1, 0.15) is 23.6 Å². The van der Waals surface area contributed by atoms with Crippen molar-refractivity contribution in [2.75, 3.05) is 7.05 Å². The number of aromatic hydroxyl groups is 1. The molecule has 2 N–H and O–H groups in total. The van der Waals surface area contributed by atoms with Gasteiger partial charge in [-0.2, -0.15) is 0 Å². The first-order valence-electron chi connectivity index (χ1n) is 8.84. The van der Waals surface area contributed by atoms with E-state index in [9.17, 15) is 24.8 Å². The summed E-state index contributed by atoms with van der Waals surface area (Å²) >= 11 is 0. The summed E-state index contributed by atoms with van der Waals surface area (Å²) in [5.74, 6) is -1.22. The molecular weight excluding hydrogens is 378 g/mol. The summed E-state index contributed by atoms with van der Waals surface area (Å²) in [4.78, 5) is 36.9. The van der Waals surface area contributed by atoms with Crippen LogP contribution in [0.3, 0.4) is 0 Å². The lowest BCUT2D eigenvalue weighted by atomic mass is 10.1. The first-order valence-corrected chi connectivity index (χ1v) is 8.84. The fraction of sp³-hybridized carbons (Fsp3) is 0.200. The van der Waals surface area contributed by atoms with Crippen molar-refractivity contribution in [3.63, 3.8) is 0 Å². The minimum absolute atomic E-state index is 0.0310. The molecule has 9 heteroatoms. The lowest BCUT2D eigenvalue weighted by Gasteiger charge is -2.18. The van der Waals surface area contributed by atoms with Crippen molar-refractivity contribution >= 4 is 22.9 Å². The van der Waals surface area contributed by atoms with Gasteiger partial charge in [-0.15, -0.1) is 0 Å². The predicted octanol–water partition coefficient (Wildman–Crippen LogP) is 1.64. The molecule has 0 spiro atoms. The molecule has 0 aliphatic rings. The number of para-hydroxylation sites is 2. The lowest BCUT2D eigenvalue weighted by Crippen LogP contribution is -2.36. The number of aryl methyl sites for hydroxylation is 1. The number of nitrogens with zero attached hydrogens (tertiary/aromatic N) is 2. The van der Waals surface area contributed by atoms with Gasteiger partial charge in [0.05, 0.1) is 4.43 Å². The maximum Gasteiger partial charge on any atom is 0.350 e. The van der Waals surface area contributed by atoms with Crippen molar-refractivity contribution in [1.29, 1.82) is 0 Å². The summed E-state index contributed by atoms with van der Waals surface area (Å²) < 4.78 is 5.95. The van der Waals surface area contributed by atoms with Gasteiger partial charge in [-0.25, -0.2) is 0 Å². The maximum atomic E-state index is 12.7. The summed E-state index contributed by atoms with van der Waals surface area (Å²) in [7, 11) is 1.33. The van der Waals surface area contributed by atoms with Crippen molar-refractivity contribution in [3.05, 3.63) is 75.6 Å². The molecule has 0 aliphatic heterocycles. The third-order valence-electron chi connectivity index (χ3n) is 4.41. The molecule has 1 heterocycles. The van der Waals surface area contributed by atoms with Gasteiger partial charge in [-0.05, 0) is 30.2 Å². The topological polar surface area (TPSA) is 127 Å². The number of aromatic nitrogens is 2. The third kappa shape index (κ3) is 4.18. The summed E-state index contributed by atoms with van der Waals surface area (Å²) in [6.07, 6.45) is 0.405. The van der Waals surface area contributed by atoms with Gasteiger partial charge in [-0.1, -0.05) is 24.3 Å². The minimum atomic E-state index is -0.759. The number of phenols is 1. The fourth-order valence-electron chi connectivity index (χ4n) is 2.89. The largest absolute Gasteiger partial charge is 0.805 e. The van der Waals surface area contributed by atoms with E-state index in [-0.39, 0.29) is 28.9 Å². The van der Waals surface area contributed by atoms with E-state index in [1.807, 2.05) is 0 Å². The Morgan fingerprint density at radius 3 is 2.55 bits per heavy atom. The van der Waals surface area contributed by atoms with Gasteiger partial charge in [0.15, 0.2) is 0 Å². The molecule has 0 bridgehead atoms. The van der Waals surface area contributed by atoms with Gasteiger partial charge in [0, 0.05) is 24.4 Å². The highest BCUT2D eigenvalue weighted by Gasteiger charge is 2.29. The highest BCUT2D eigenvalue weighted by Crippen LogP contribution is 2.16. The van der Waals surface area contributed by atoms with Crippen LogP contribution in [0.1, 0.15) is 28.2 Å². The third-order valence-corrected chi connectivity index (χ3v) is 4.41. The Labute approximate surface area is 165 Å². The Hall–Kier alpha value is -3.88. The average Bonchev–Trinajstić information content (AvgIpc) is 2.74. The van der Waals surface area contributed by atoms with Crippen LogP contribution in [0.5, 0.6) is 5.75 Å². The van der Waals surface area contributed by atoms with E-state index in [1.165, 1.54) is 31.3 Å². The zero-order valence-corrected chi connectivity index (χ0v) is 15.6. The van der Waals surface area contributed by atoms with Crippen molar-refractivity contribution in [1.82, 2.24) is 10.0 Å². The number of carbonyl (C=O) groups is 2. The molecule has 9 nitrogen and oxygen atoms in total. The lowest BCUT2D eigenvalue weighted by molar-refractivity contribution is -0.468. The van der Waals surface area contributed by atoms with Crippen LogP contribution < -0.4 is 9.74 Å². The van der Waals surface area contributed by atoms with E-state index in [0.717, 1.165) is 5.56 Å². The molecule has 1 amide bonds. The SMILES string of the molecule is CNC(=O)c1c(COC(=O)CCc2ccc(O)cc2)n([O-])c2ccccc2[n+]1=O. The average molecular weight is 397 g/mol. The monoisotopic (exact) mass is 397 g/mol. The summed E-state index contributed by atoms with van der Waals surface area (Å²) in [6.45, 7) is -0.520. The molecule has 29 heavy (non-hydrogen) atoms. The molecular formula is C20H19N3O6. The molecule has 0 saturated heterocycles. The number of rotatable bonds is 6. The zero-order valence-electron chi connectivity index (χ0n) is 15.6. The summed E-state index contributed by atoms with van der Waals surface area (Å²) in [5, 5.41) is 24.3. The van der Waals surface area contributed by atoms with E-state index in [2.05, 4.69) is 5.32 Å². The molecule has 3 rings (SSSR count). The van der Waals surface area contributed by atoms with Crippen molar-refractivity contribution in [2.24, 2.45) is 0 Å². The van der Waals surface area contributed by atoms with Crippen molar-refractivity contribution < 1.29 is 23.9 Å². The molecule has 0 atom stereocenters. The first-order chi connectivity index (χ1) is 13.9. The number of phenolic OH excluding ortho intramolecular Hbond substituents is 1. The van der Waals surface area contributed by atoms with Crippen LogP contribution in [0.25, 0.3) is 11.0 Å². The molecule has 150 valence electrons. The van der Waals surface area contributed by atoms with E-state index in [1.54, 1.807) is 24.3 Å². The van der Waals surface area contributed by atoms with Crippen LogP contribution in [-0.2, 0) is 22.6 Å². The maximum absolute atomic E-state index is 12.7.